The fourth-order valence-electron chi connectivity index (χ4n) is 5.23. The Bertz CT molecular complexity index is 1200. The molecule has 5 rings (SSSR count). The van der Waals surface area contributed by atoms with E-state index in [1.807, 2.05) is 36.4 Å². The Balaban J connectivity index is 1.33. The van der Waals surface area contributed by atoms with Crippen molar-refractivity contribution in [2.75, 3.05) is 46.4 Å². The van der Waals surface area contributed by atoms with Crippen LogP contribution < -0.4 is 0 Å². The lowest BCUT2D eigenvalue weighted by molar-refractivity contribution is 0.0730. The first-order valence-corrected chi connectivity index (χ1v) is 12.6. The van der Waals surface area contributed by atoms with Crippen LogP contribution in [0.25, 0.3) is 10.8 Å². The second kappa shape index (κ2) is 9.99. The van der Waals surface area contributed by atoms with Gasteiger partial charge in [0.2, 0.25) is 0 Å². The zero-order valence-corrected chi connectivity index (χ0v) is 21.0. The SMILES string of the molecule is Cc1cc(C(=O)N2CCOC[C@@H](Cc3ccc4ccncc4c3)C2)nc(C2(C)CCN(C)CC2)n1. The van der Waals surface area contributed by atoms with Crippen LogP contribution in [0.2, 0.25) is 0 Å². The summed E-state index contributed by atoms with van der Waals surface area (Å²) in [6.07, 6.45) is 6.58. The first kappa shape index (κ1) is 23.8. The van der Waals surface area contributed by atoms with Crippen molar-refractivity contribution in [3.8, 4) is 0 Å². The minimum atomic E-state index is -0.0943. The molecule has 2 aliphatic rings. The molecule has 184 valence electrons. The summed E-state index contributed by atoms with van der Waals surface area (Å²) in [6, 6.07) is 10.4. The summed E-state index contributed by atoms with van der Waals surface area (Å²) >= 11 is 0. The molecular formula is C28H35N5O2. The van der Waals surface area contributed by atoms with Crippen LogP contribution in [0.5, 0.6) is 0 Å². The van der Waals surface area contributed by atoms with Crippen molar-refractivity contribution in [2.24, 2.45) is 5.92 Å². The summed E-state index contributed by atoms with van der Waals surface area (Å²) in [4.78, 5) is 31.7. The van der Waals surface area contributed by atoms with E-state index in [4.69, 9.17) is 14.7 Å². The van der Waals surface area contributed by atoms with Crippen molar-refractivity contribution in [3.05, 3.63) is 65.5 Å². The highest BCUT2D eigenvalue weighted by molar-refractivity contribution is 5.92. The smallest absolute Gasteiger partial charge is 0.272 e. The standard InChI is InChI=1S/C28H35N5O2/c1-20-14-25(31-27(30-20)28(2)7-10-32(3)11-8-28)26(34)33-12-13-35-19-22(18-33)15-21-4-5-23-6-9-29-17-24(23)16-21/h4-6,9,14,16-17,22H,7-8,10-13,15,18-19H2,1-3H3/t22-/m0/s1. The largest absolute Gasteiger partial charge is 0.379 e. The van der Waals surface area contributed by atoms with Gasteiger partial charge in [-0.3, -0.25) is 9.78 Å². The predicted molar refractivity (Wildman–Crippen MR) is 137 cm³/mol. The van der Waals surface area contributed by atoms with E-state index in [0.29, 0.717) is 32.0 Å². The van der Waals surface area contributed by atoms with Gasteiger partial charge in [0.25, 0.3) is 5.91 Å². The molecule has 2 aromatic heterocycles. The minimum Gasteiger partial charge on any atom is -0.379 e. The molecule has 0 radical (unpaired) electrons. The fourth-order valence-corrected chi connectivity index (χ4v) is 5.23. The van der Waals surface area contributed by atoms with E-state index < -0.39 is 0 Å². The van der Waals surface area contributed by atoms with Gasteiger partial charge in [-0.25, -0.2) is 9.97 Å². The van der Waals surface area contributed by atoms with Gasteiger partial charge in [-0.2, -0.15) is 0 Å². The van der Waals surface area contributed by atoms with Crippen molar-refractivity contribution in [3.63, 3.8) is 0 Å². The van der Waals surface area contributed by atoms with E-state index >= 15 is 0 Å². The summed E-state index contributed by atoms with van der Waals surface area (Å²) in [7, 11) is 2.15. The summed E-state index contributed by atoms with van der Waals surface area (Å²) in [5.74, 6) is 1.01. The molecule has 3 aromatic rings. The zero-order valence-electron chi connectivity index (χ0n) is 21.0. The van der Waals surface area contributed by atoms with E-state index in [0.717, 1.165) is 49.3 Å². The number of likely N-dealkylation sites (tertiary alicyclic amines) is 1. The minimum absolute atomic E-state index is 0.0218. The first-order chi connectivity index (χ1) is 16.9. The normalized spacial score (nSPS) is 21.1. The van der Waals surface area contributed by atoms with Crippen LogP contribution >= 0.6 is 0 Å². The molecule has 0 unspecified atom stereocenters. The number of rotatable bonds is 4. The molecule has 0 bridgehead atoms. The van der Waals surface area contributed by atoms with Gasteiger partial charge in [-0.05, 0) is 75.5 Å². The molecule has 4 heterocycles. The van der Waals surface area contributed by atoms with E-state index in [-0.39, 0.29) is 17.2 Å². The maximum atomic E-state index is 13.6. The molecule has 1 atom stereocenters. The summed E-state index contributed by atoms with van der Waals surface area (Å²) in [6.45, 7) is 8.67. The molecule has 0 spiro atoms. The third-order valence-corrected chi connectivity index (χ3v) is 7.56. The van der Waals surface area contributed by atoms with Crippen LogP contribution in [0.4, 0.5) is 0 Å². The van der Waals surface area contributed by atoms with Crippen LogP contribution in [0.3, 0.4) is 0 Å². The molecule has 1 amide bonds. The quantitative estimate of drug-likeness (QED) is 0.576. The molecule has 1 aromatic carbocycles. The Morgan fingerprint density at radius 1 is 1.11 bits per heavy atom. The molecule has 7 heteroatoms. The Hall–Kier alpha value is -2.90. The molecule has 0 aliphatic carbocycles. The number of fused-ring (bicyclic) bond motifs is 1. The van der Waals surface area contributed by atoms with Gasteiger partial charge in [0, 0.05) is 47.9 Å². The average Bonchev–Trinajstić information content (AvgIpc) is 3.10. The molecule has 2 fully saturated rings. The average molecular weight is 474 g/mol. The van der Waals surface area contributed by atoms with Gasteiger partial charge in [-0.1, -0.05) is 19.1 Å². The molecule has 7 nitrogen and oxygen atoms in total. The Morgan fingerprint density at radius 2 is 1.94 bits per heavy atom. The van der Waals surface area contributed by atoms with Crippen LogP contribution in [0.15, 0.2) is 42.7 Å². The molecular weight excluding hydrogens is 438 g/mol. The van der Waals surface area contributed by atoms with Gasteiger partial charge in [-0.15, -0.1) is 0 Å². The number of aryl methyl sites for hydroxylation is 1. The maximum absolute atomic E-state index is 13.6. The monoisotopic (exact) mass is 473 g/mol. The number of piperidine rings is 1. The van der Waals surface area contributed by atoms with Gasteiger partial charge >= 0.3 is 0 Å². The number of ether oxygens (including phenoxy) is 1. The predicted octanol–water partition coefficient (Wildman–Crippen LogP) is 3.65. The van der Waals surface area contributed by atoms with E-state index in [1.54, 1.807) is 0 Å². The lowest BCUT2D eigenvalue weighted by Gasteiger charge is -2.36. The van der Waals surface area contributed by atoms with E-state index in [9.17, 15) is 4.79 Å². The number of carbonyl (C=O) groups excluding carboxylic acids is 1. The summed E-state index contributed by atoms with van der Waals surface area (Å²) in [5, 5.41) is 2.32. The molecule has 2 aliphatic heterocycles. The van der Waals surface area contributed by atoms with Crippen molar-refractivity contribution >= 4 is 16.7 Å². The highest BCUT2D eigenvalue weighted by Gasteiger charge is 2.34. The number of nitrogens with zero attached hydrogens (tertiary/aromatic N) is 5. The third-order valence-electron chi connectivity index (χ3n) is 7.56. The van der Waals surface area contributed by atoms with Crippen LogP contribution in [0, 0.1) is 12.8 Å². The van der Waals surface area contributed by atoms with Crippen molar-refractivity contribution in [2.45, 2.75) is 38.5 Å². The van der Waals surface area contributed by atoms with Crippen molar-refractivity contribution < 1.29 is 9.53 Å². The third kappa shape index (κ3) is 5.36. The van der Waals surface area contributed by atoms with Crippen LogP contribution in [-0.2, 0) is 16.6 Å². The topological polar surface area (TPSA) is 71.5 Å². The maximum Gasteiger partial charge on any atom is 0.272 e. The Labute approximate surface area is 207 Å². The molecule has 0 N–H and O–H groups in total. The highest BCUT2D eigenvalue weighted by atomic mass is 16.5. The van der Waals surface area contributed by atoms with Gasteiger partial charge < -0.3 is 14.5 Å². The van der Waals surface area contributed by atoms with Crippen molar-refractivity contribution in [1.29, 1.82) is 0 Å². The first-order valence-electron chi connectivity index (χ1n) is 12.6. The fraction of sp³-hybridized carbons (Fsp3) is 0.500. The lowest BCUT2D eigenvalue weighted by Crippen LogP contribution is -2.41. The second-order valence-electron chi connectivity index (χ2n) is 10.5. The van der Waals surface area contributed by atoms with Crippen molar-refractivity contribution in [1.82, 2.24) is 24.8 Å². The molecule has 0 saturated carbocycles. The van der Waals surface area contributed by atoms with E-state index in [1.165, 1.54) is 10.9 Å². The number of aromatic nitrogens is 3. The van der Waals surface area contributed by atoms with E-state index in [2.05, 4.69) is 42.1 Å². The van der Waals surface area contributed by atoms with Gasteiger partial charge in [0.15, 0.2) is 0 Å². The second-order valence-corrected chi connectivity index (χ2v) is 10.5. The molecule has 35 heavy (non-hydrogen) atoms. The number of pyridine rings is 1. The molecule has 2 saturated heterocycles. The number of hydrogen-bond acceptors (Lipinski definition) is 6. The highest BCUT2D eigenvalue weighted by Crippen LogP contribution is 2.33. The number of carbonyl (C=O) groups is 1. The van der Waals surface area contributed by atoms with Gasteiger partial charge in [0.05, 0.1) is 13.2 Å². The van der Waals surface area contributed by atoms with Crippen LogP contribution in [0.1, 0.15) is 47.3 Å². The summed E-state index contributed by atoms with van der Waals surface area (Å²) in [5.41, 5.74) is 2.50. The number of hydrogen-bond donors (Lipinski definition) is 0. The van der Waals surface area contributed by atoms with Gasteiger partial charge in [0.1, 0.15) is 11.5 Å². The Morgan fingerprint density at radius 3 is 2.77 bits per heavy atom. The Kier molecular flexibility index (Phi) is 6.80. The lowest BCUT2D eigenvalue weighted by atomic mass is 9.79. The number of benzene rings is 1. The van der Waals surface area contributed by atoms with Crippen LogP contribution in [-0.4, -0.2) is 77.1 Å². The summed E-state index contributed by atoms with van der Waals surface area (Å²) < 4.78 is 5.91. The number of amides is 1. The zero-order chi connectivity index (χ0) is 24.4.